The van der Waals surface area contributed by atoms with E-state index in [1.807, 2.05) is 5.32 Å². The molecule has 1 aliphatic heterocycles. The Morgan fingerprint density at radius 1 is 1.32 bits per heavy atom. The standard InChI is InChI=1S/C11H9N3O5/c15-10(16)8-5-7(12-11(17)13-8)6-3-1-2-4-9(6)14(18)19/h1-5,7H,(H,15,16)(H2,12,13,17)/p-1/t7-/m1/s1. The van der Waals surface area contributed by atoms with Crippen molar-refractivity contribution in [3.05, 3.63) is 51.7 Å². The van der Waals surface area contributed by atoms with Gasteiger partial charge in [-0.3, -0.25) is 10.1 Å². The molecule has 1 aromatic carbocycles. The number of carboxylic acid groups (broad SMARTS) is 1. The van der Waals surface area contributed by atoms with Gasteiger partial charge in [-0.15, -0.1) is 0 Å². The van der Waals surface area contributed by atoms with E-state index in [-0.39, 0.29) is 11.3 Å². The number of nitro groups is 1. The Bertz CT molecular complexity index is 596. The topological polar surface area (TPSA) is 124 Å². The molecule has 98 valence electrons. The van der Waals surface area contributed by atoms with Gasteiger partial charge in [0.1, 0.15) is 0 Å². The number of carboxylic acids is 1. The largest absolute Gasteiger partial charge is 0.543 e. The van der Waals surface area contributed by atoms with Crippen molar-refractivity contribution in [3.63, 3.8) is 0 Å². The highest BCUT2D eigenvalue weighted by Gasteiger charge is 2.25. The molecule has 2 N–H and O–H groups in total. The molecule has 2 rings (SSSR count). The average Bonchev–Trinajstić information content (AvgIpc) is 2.37. The van der Waals surface area contributed by atoms with Crippen molar-refractivity contribution in [1.82, 2.24) is 10.6 Å². The second-order valence-corrected chi connectivity index (χ2v) is 3.76. The number of carbonyl (C=O) groups is 2. The van der Waals surface area contributed by atoms with Crippen LogP contribution in [0.3, 0.4) is 0 Å². The van der Waals surface area contributed by atoms with E-state index in [1.165, 1.54) is 18.2 Å². The van der Waals surface area contributed by atoms with Gasteiger partial charge < -0.3 is 20.5 Å². The second-order valence-electron chi connectivity index (χ2n) is 3.76. The van der Waals surface area contributed by atoms with Gasteiger partial charge in [-0.05, 0) is 12.1 Å². The third-order valence-corrected chi connectivity index (χ3v) is 2.56. The minimum absolute atomic E-state index is 0.195. The van der Waals surface area contributed by atoms with Gasteiger partial charge in [-0.1, -0.05) is 12.1 Å². The van der Waals surface area contributed by atoms with Crippen LogP contribution < -0.4 is 15.7 Å². The molecule has 0 bridgehead atoms. The highest BCUT2D eigenvalue weighted by atomic mass is 16.6. The molecule has 0 saturated carbocycles. The van der Waals surface area contributed by atoms with E-state index < -0.39 is 28.7 Å². The molecule has 8 nitrogen and oxygen atoms in total. The summed E-state index contributed by atoms with van der Waals surface area (Å²) in [5.41, 5.74) is -0.434. The molecule has 0 fully saturated rings. The number of amides is 2. The lowest BCUT2D eigenvalue weighted by Crippen LogP contribution is -2.46. The Morgan fingerprint density at radius 2 is 2.00 bits per heavy atom. The van der Waals surface area contributed by atoms with Crippen LogP contribution in [0.25, 0.3) is 0 Å². The summed E-state index contributed by atoms with van der Waals surface area (Å²) in [5.74, 6) is -1.56. The van der Waals surface area contributed by atoms with E-state index in [0.717, 1.165) is 6.08 Å². The fraction of sp³-hybridized carbons (Fsp3) is 0.0909. The summed E-state index contributed by atoms with van der Waals surface area (Å²) in [4.78, 5) is 32.3. The molecule has 0 aromatic heterocycles. The number of nitrogens with zero attached hydrogens (tertiary/aromatic N) is 1. The molecule has 1 aliphatic rings. The third-order valence-electron chi connectivity index (χ3n) is 2.56. The van der Waals surface area contributed by atoms with Crippen molar-refractivity contribution < 1.29 is 19.6 Å². The number of nitro benzene ring substituents is 1. The van der Waals surface area contributed by atoms with E-state index in [2.05, 4.69) is 5.32 Å². The lowest BCUT2D eigenvalue weighted by Gasteiger charge is -2.24. The number of para-hydroxylation sites is 1. The van der Waals surface area contributed by atoms with Crippen LogP contribution in [0, 0.1) is 10.1 Å². The number of hydrogen-bond acceptors (Lipinski definition) is 5. The predicted octanol–water partition coefficient (Wildman–Crippen LogP) is -0.418. The molecule has 0 saturated heterocycles. The maximum absolute atomic E-state index is 11.3. The van der Waals surface area contributed by atoms with Gasteiger partial charge >= 0.3 is 6.03 Å². The molecule has 1 atom stereocenters. The van der Waals surface area contributed by atoms with Gasteiger partial charge in [-0.25, -0.2) is 4.79 Å². The van der Waals surface area contributed by atoms with E-state index >= 15 is 0 Å². The molecule has 8 heteroatoms. The SMILES string of the molecule is O=C1NC(C(=O)[O-])=C[C@H](c2ccccc2[N+](=O)[O-])N1. The van der Waals surface area contributed by atoms with Crippen molar-refractivity contribution in [2.24, 2.45) is 0 Å². The first-order valence-corrected chi connectivity index (χ1v) is 5.23. The molecule has 19 heavy (non-hydrogen) atoms. The molecule has 0 aliphatic carbocycles. The van der Waals surface area contributed by atoms with E-state index in [4.69, 9.17) is 0 Å². The zero-order valence-electron chi connectivity index (χ0n) is 9.45. The fourth-order valence-electron chi connectivity index (χ4n) is 1.75. The minimum Gasteiger partial charge on any atom is -0.543 e. The van der Waals surface area contributed by atoms with Crippen LogP contribution >= 0.6 is 0 Å². The summed E-state index contributed by atoms with van der Waals surface area (Å²) in [6, 6.07) is 4.10. The first-order chi connectivity index (χ1) is 8.99. The summed E-state index contributed by atoms with van der Waals surface area (Å²) < 4.78 is 0. The van der Waals surface area contributed by atoms with Crippen LogP contribution in [0.2, 0.25) is 0 Å². The van der Waals surface area contributed by atoms with Crippen molar-refractivity contribution >= 4 is 17.7 Å². The number of aliphatic carboxylic acids is 1. The molecular weight excluding hydrogens is 254 g/mol. The van der Waals surface area contributed by atoms with Crippen LogP contribution in [-0.4, -0.2) is 16.9 Å². The van der Waals surface area contributed by atoms with Crippen molar-refractivity contribution in [2.75, 3.05) is 0 Å². The van der Waals surface area contributed by atoms with Gasteiger partial charge in [0.2, 0.25) is 0 Å². The monoisotopic (exact) mass is 262 g/mol. The molecule has 0 unspecified atom stereocenters. The van der Waals surface area contributed by atoms with Crippen LogP contribution in [0.5, 0.6) is 0 Å². The van der Waals surface area contributed by atoms with Gasteiger partial charge in [0.15, 0.2) is 0 Å². The summed E-state index contributed by atoms with van der Waals surface area (Å²) in [5, 5.41) is 26.1. The van der Waals surface area contributed by atoms with Gasteiger partial charge in [-0.2, -0.15) is 0 Å². The van der Waals surface area contributed by atoms with E-state index in [1.54, 1.807) is 6.07 Å². The lowest BCUT2D eigenvalue weighted by atomic mass is 10.0. The molecule has 1 aromatic rings. The molecule has 2 amide bonds. The van der Waals surface area contributed by atoms with Crippen LogP contribution in [-0.2, 0) is 4.79 Å². The van der Waals surface area contributed by atoms with Crippen molar-refractivity contribution in [3.8, 4) is 0 Å². The highest BCUT2D eigenvalue weighted by Crippen LogP contribution is 2.27. The highest BCUT2D eigenvalue weighted by molar-refractivity contribution is 5.92. The molecular formula is C11H8N3O5-. The average molecular weight is 262 g/mol. The number of nitrogens with one attached hydrogen (secondary N) is 2. The minimum atomic E-state index is -1.56. The Labute approximate surface area is 106 Å². The zero-order valence-corrected chi connectivity index (χ0v) is 9.45. The Kier molecular flexibility index (Phi) is 3.15. The molecule has 1 heterocycles. The first kappa shape index (κ1) is 12.6. The predicted molar refractivity (Wildman–Crippen MR) is 60.6 cm³/mol. The van der Waals surface area contributed by atoms with Gasteiger partial charge in [0.05, 0.1) is 28.2 Å². The number of rotatable bonds is 3. The van der Waals surface area contributed by atoms with Gasteiger partial charge in [0, 0.05) is 6.07 Å². The maximum Gasteiger partial charge on any atom is 0.320 e. The number of urea groups is 1. The Hall–Kier alpha value is -2.90. The lowest BCUT2D eigenvalue weighted by molar-refractivity contribution is -0.385. The third kappa shape index (κ3) is 2.51. The summed E-state index contributed by atoms with van der Waals surface area (Å²) >= 11 is 0. The smallest absolute Gasteiger partial charge is 0.320 e. The van der Waals surface area contributed by atoms with E-state index in [0.29, 0.717) is 0 Å². The number of benzene rings is 1. The van der Waals surface area contributed by atoms with Gasteiger partial charge in [0.25, 0.3) is 5.69 Å². The zero-order chi connectivity index (χ0) is 14.0. The van der Waals surface area contributed by atoms with Crippen molar-refractivity contribution in [2.45, 2.75) is 6.04 Å². The number of carbonyl (C=O) groups excluding carboxylic acids is 2. The fourth-order valence-corrected chi connectivity index (χ4v) is 1.75. The normalized spacial score (nSPS) is 18.0. The summed E-state index contributed by atoms with van der Waals surface area (Å²) in [6.07, 6.45) is 1.15. The van der Waals surface area contributed by atoms with Crippen molar-refractivity contribution in [1.29, 1.82) is 0 Å². The van der Waals surface area contributed by atoms with E-state index in [9.17, 15) is 24.8 Å². The first-order valence-electron chi connectivity index (χ1n) is 5.23. The summed E-state index contributed by atoms with van der Waals surface area (Å²) in [6.45, 7) is 0. The van der Waals surface area contributed by atoms with Crippen LogP contribution in [0.4, 0.5) is 10.5 Å². The second kappa shape index (κ2) is 4.77. The quantitative estimate of drug-likeness (QED) is 0.565. The molecule has 0 spiro atoms. The van der Waals surface area contributed by atoms with Crippen LogP contribution in [0.1, 0.15) is 11.6 Å². The van der Waals surface area contributed by atoms with Crippen LogP contribution in [0.15, 0.2) is 36.0 Å². The Balaban J connectivity index is 2.46. The maximum atomic E-state index is 11.3. The molecule has 0 radical (unpaired) electrons. The number of hydrogen-bond donors (Lipinski definition) is 2. The Morgan fingerprint density at radius 3 is 2.63 bits per heavy atom. The summed E-state index contributed by atoms with van der Waals surface area (Å²) in [7, 11) is 0.